The number of aliphatic imine (C=N–C) groups is 1. The number of nitrogens with zero attached hydrogens (tertiary/aromatic N) is 2. The number of fused-ring (bicyclic) bond motifs is 1. The predicted molar refractivity (Wildman–Crippen MR) is 100 cm³/mol. The molecule has 7 heteroatoms. The molecule has 0 saturated carbocycles. The molecule has 0 saturated heterocycles. The van der Waals surface area contributed by atoms with Crippen LogP contribution in [0.5, 0.6) is 0 Å². The minimum atomic E-state index is -0.502. The zero-order valence-corrected chi connectivity index (χ0v) is 15.3. The molecule has 0 radical (unpaired) electrons. The number of rotatable bonds is 8. The summed E-state index contributed by atoms with van der Waals surface area (Å²) in [6, 6.07) is 3.20. The molecule has 1 N–H and O–H groups in total. The van der Waals surface area contributed by atoms with Gasteiger partial charge in [0.15, 0.2) is 0 Å². The fraction of sp³-hybridized carbons (Fsp3) is 0.400. The number of hydrogen-bond donors (Lipinski definition) is 1. The Balaban J connectivity index is 1.35. The molecule has 2 aliphatic rings. The first kappa shape index (κ1) is 18.8. The predicted octanol–water partition coefficient (Wildman–Crippen LogP) is 2.91. The molecule has 4 amide bonds. The van der Waals surface area contributed by atoms with E-state index in [1.165, 1.54) is 4.90 Å². The molecule has 27 heavy (non-hydrogen) atoms. The normalized spacial score (nSPS) is 18.5. The average Bonchev–Trinajstić information content (AvgIpc) is 3.07. The van der Waals surface area contributed by atoms with Crippen LogP contribution in [-0.2, 0) is 16.1 Å². The van der Waals surface area contributed by atoms with E-state index in [1.54, 1.807) is 24.3 Å². The molecule has 1 aromatic rings. The SMILES string of the molecule is Cc1ccc(CNC(=O)CCCCCN2C(=O)N=C3C=CC=CC3C2=O)o1. The van der Waals surface area contributed by atoms with Crippen LogP contribution in [0.3, 0.4) is 0 Å². The Morgan fingerprint density at radius 1 is 1.22 bits per heavy atom. The van der Waals surface area contributed by atoms with Gasteiger partial charge in [0.25, 0.3) is 0 Å². The van der Waals surface area contributed by atoms with E-state index in [1.807, 2.05) is 19.1 Å². The smallest absolute Gasteiger partial charge is 0.350 e. The van der Waals surface area contributed by atoms with E-state index in [9.17, 15) is 14.4 Å². The molecule has 0 fully saturated rings. The number of aryl methyl sites for hydroxylation is 1. The second kappa shape index (κ2) is 8.62. The highest BCUT2D eigenvalue weighted by molar-refractivity contribution is 6.21. The molecule has 0 spiro atoms. The molecule has 1 unspecified atom stereocenters. The third-order valence-electron chi connectivity index (χ3n) is 4.53. The fourth-order valence-corrected chi connectivity index (χ4v) is 3.07. The quantitative estimate of drug-likeness (QED) is 0.713. The van der Waals surface area contributed by atoms with Gasteiger partial charge in [0, 0.05) is 13.0 Å². The van der Waals surface area contributed by atoms with Crippen molar-refractivity contribution in [2.45, 2.75) is 39.2 Å². The van der Waals surface area contributed by atoms with Gasteiger partial charge in [-0.05, 0) is 38.0 Å². The number of hydrogen-bond acceptors (Lipinski definition) is 4. The Hall–Kier alpha value is -2.96. The van der Waals surface area contributed by atoms with E-state index in [0.29, 0.717) is 38.1 Å². The topological polar surface area (TPSA) is 92.0 Å². The van der Waals surface area contributed by atoms with Crippen LogP contribution < -0.4 is 5.32 Å². The average molecular weight is 369 g/mol. The largest absolute Gasteiger partial charge is 0.465 e. The zero-order valence-electron chi connectivity index (χ0n) is 15.3. The maximum Gasteiger partial charge on any atom is 0.350 e. The van der Waals surface area contributed by atoms with Gasteiger partial charge in [0.05, 0.1) is 18.2 Å². The standard InChI is InChI=1S/C20H23N3O4/c1-14-10-11-15(27-14)13-21-18(24)9-3-2-6-12-23-19(25)16-7-4-5-8-17(16)22-20(23)26/h4-5,7-8,10-11,16H,2-3,6,9,12-13H2,1H3,(H,21,24). The van der Waals surface area contributed by atoms with Crippen molar-refractivity contribution in [3.8, 4) is 0 Å². The van der Waals surface area contributed by atoms with Gasteiger partial charge in [-0.25, -0.2) is 4.79 Å². The van der Waals surface area contributed by atoms with Crippen LogP contribution in [-0.4, -0.2) is 35.0 Å². The maximum atomic E-state index is 12.4. The van der Waals surface area contributed by atoms with E-state index < -0.39 is 11.9 Å². The number of furan rings is 1. The lowest BCUT2D eigenvalue weighted by molar-refractivity contribution is -0.129. The van der Waals surface area contributed by atoms with Gasteiger partial charge in [-0.15, -0.1) is 0 Å². The number of carbonyl (C=O) groups is 3. The highest BCUT2D eigenvalue weighted by atomic mass is 16.3. The van der Waals surface area contributed by atoms with Gasteiger partial charge < -0.3 is 9.73 Å². The van der Waals surface area contributed by atoms with Gasteiger partial charge >= 0.3 is 6.03 Å². The summed E-state index contributed by atoms with van der Waals surface area (Å²) in [7, 11) is 0. The van der Waals surface area contributed by atoms with Gasteiger partial charge in [-0.1, -0.05) is 24.6 Å². The fourth-order valence-electron chi connectivity index (χ4n) is 3.07. The number of nitrogens with one attached hydrogen (secondary N) is 1. The lowest BCUT2D eigenvalue weighted by atomic mass is 9.95. The molecule has 2 heterocycles. The summed E-state index contributed by atoms with van der Waals surface area (Å²) >= 11 is 0. The van der Waals surface area contributed by atoms with Crippen LogP contribution in [0.25, 0.3) is 0 Å². The molecule has 0 aromatic carbocycles. The molecule has 142 valence electrons. The van der Waals surface area contributed by atoms with Crippen LogP contribution in [0.1, 0.15) is 37.2 Å². The molecule has 7 nitrogen and oxygen atoms in total. The molecule has 1 aliphatic heterocycles. The third-order valence-corrected chi connectivity index (χ3v) is 4.53. The van der Waals surface area contributed by atoms with Crippen molar-refractivity contribution in [1.29, 1.82) is 0 Å². The molecular formula is C20H23N3O4. The van der Waals surface area contributed by atoms with Crippen molar-refractivity contribution in [3.05, 3.63) is 48.0 Å². The van der Waals surface area contributed by atoms with Crippen molar-refractivity contribution in [1.82, 2.24) is 10.2 Å². The first-order chi connectivity index (χ1) is 13.0. The second-order valence-electron chi connectivity index (χ2n) is 6.63. The summed E-state index contributed by atoms with van der Waals surface area (Å²) in [6.07, 6.45) is 9.51. The molecule has 0 bridgehead atoms. The Morgan fingerprint density at radius 3 is 2.85 bits per heavy atom. The number of carbonyl (C=O) groups excluding carboxylic acids is 3. The summed E-state index contributed by atoms with van der Waals surface area (Å²) in [5.74, 6) is 0.829. The Kier molecular flexibility index (Phi) is 6.01. The van der Waals surface area contributed by atoms with Crippen LogP contribution in [0.15, 0.2) is 45.8 Å². The monoisotopic (exact) mass is 369 g/mol. The molecule has 1 atom stereocenters. The van der Waals surface area contributed by atoms with Crippen LogP contribution in [0.2, 0.25) is 0 Å². The van der Waals surface area contributed by atoms with Gasteiger partial charge in [0.1, 0.15) is 11.5 Å². The second-order valence-corrected chi connectivity index (χ2v) is 6.63. The van der Waals surface area contributed by atoms with Crippen molar-refractivity contribution < 1.29 is 18.8 Å². The highest BCUT2D eigenvalue weighted by Crippen LogP contribution is 2.20. The lowest BCUT2D eigenvalue weighted by Gasteiger charge is -2.28. The minimum Gasteiger partial charge on any atom is -0.465 e. The van der Waals surface area contributed by atoms with Crippen LogP contribution in [0.4, 0.5) is 4.79 Å². The summed E-state index contributed by atoms with van der Waals surface area (Å²) in [5.41, 5.74) is 0.507. The zero-order chi connectivity index (χ0) is 19.2. The minimum absolute atomic E-state index is 0.0393. The van der Waals surface area contributed by atoms with Crippen LogP contribution >= 0.6 is 0 Å². The summed E-state index contributed by atoms with van der Waals surface area (Å²) in [6.45, 7) is 2.57. The lowest BCUT2D eigenvalue weighted by Crippen LogP contribution is -2.46. The van der Waals surface area contributed by atoms with Crippen molar-refractivity contribution >= 4 is 23.6 Å². The number of imide groups is 1. The molecule has 3 rings (SSSR count). The van der Waals surface area contributed by atoms with E-state index in [-0.39, 0.29) is 11.8 Å². The van der Waals surface area contributed by atoms with Gasteiger partial charge in [-0.2, -0.15) is 4.99 Å². The van der Waals surface area contributed by atoms with E-state index in [4.69, 9.17) is 4.42 Å². The first-order valence-electron chi connectivity index (χ1n) is 9.15. The number of amides is 4. The van der Waals surface area contributed by atoms with Gasteiger partial charge in [0.2, 0.25) is 11.8 Å². The molecule has 1 aromatic heterocycles. The van der Waals surface area contributed by atoms with Crippen molar-refractivity contribution in [2.75, 3.05) is 6.54 Å². The van der Waals surface area contributed by atoms with Crippen molar-refractivity contribution in [2.24, 2.45) is 10.9 Å². The Labute approximate surface area is 157 Å². The first-order valence-corrected chi connectivity index (χ1v) is 9.15. The summed E-state index contributed by atoms with van der Waals surface area (Å²) < 4.78 is 5.40. The van der Waals surface area contributed by atoms with Crippen molar-refractivity contribution in [3.63, 3.8) is 0 Å². The number of unbranched alkanes of at least 4 members (excludes halogenated alkanes) is 2. The Morgan fingerprint density at radius 2 is 2.07 bits per heavy atom. The Bertz CT molecular complexity index is 819. The van der Waals surface area contributed by atoms with E-state index in [0.717, 1.165) is 17.9 Å². The van der Waals surface area contributed by atoms with Crippen LogP contribution in [0, 0.1) is 12.8 Å². The van der Waals surface area contributed by atoms with Gasteiger partial charge in [-0.3, -0.25) is 14.5 Å². The van der Waals surface area contributed by atoms with E-state index in [2.05, 4.69) is 10.3 Å². The number of allylic oxidation sites excluding steroid dienone is 3. The molecular weight excluding hydrogens is 346 g/mol. The number of urea groups is 1. The molecule has 1 aliphatic carbocycles. The summed E-state index contributed by atoms with van der Waals surface area (Å²) in [4.78, 5) is 41.5. The highest BCUT2D eigenvalue weighted by Gasteiger charge is 2.35. The summed E-state index contributed by atoms with van der Waals surface area (Å²) in [5, 5.41) is 2.81. The van der Waals surface area contributed by atoms with E-state index >= 15 is 0 Å². The third kappa shape index (κ3) is 4.81. The maximum absolute atomic E-state index is 12.4.